The predicted octanol–water partition coefficient (Wildman–Crippen LogP) is 1.77. The molecule has 0 aromatic rings. The third kappa shape index (κ3) is 2.81. The number of amidine groups is 1. The maximum Gasteiger partial charge on any atom is 0.323 e. The second-order valence-electron chi connectivity index (χ2n) is 6.17. The Hall–Kier alpha value is -0.950. The van der Waals surface area contributed by atoms with Gasteiger partial charge in [0, 0.05) is 0 Å². The van der Waals surface area contributed by atoms with Crippen LogP contribution in [0.5, 0.6) is 0 Å². The maximum atomic E-state index is 10.5. The summed E-state index contributed by atoms with van der Waals surface area (Å²) in [5.74, 6) is 2.38. The van der Waals surface area contributed by atoms with Gasteiger partial charge in [-0.15, -0.1) is 0 Å². The van der Waals surface area contributed by atoms with Gasteiger partial charge in [0.2, 0.25) is 0 Å². The zero-order valence-corrected chi connectivity index (χ0v) is 11.6. The van der Waals surface area contributed by atoms with Crippen LogP contribution in [0.4, 0.5) is 4.79 Å². The molecule has 0 aliphatic heterocycles. The van der Waals surface area contributed by atoms with E-state index in [1.165, 1.54) is 19.3 Å². The highest BCUT2D eigenvalue weighted by Crippen LogP contribution is 2.57. The number of hydroxylamine groups is 1. The van der Waals surface area contributed by atoms with Crippen LogP contribution < -0.4 is 11.2 Å². The average Bonchev–Trinajstić information content (AvgIpc) is 2.25. The van der Waals surface area contributed by atoms with E-state index in [9.17, 15) is 4.79 Å². The van der Waals surface area contributed by atoms with Gasteiger partial charge in [0.25, 0.3) is 0 Å². The minimum Gasteiger partial charge on any atom is -0.351 e. The molecule has 4 saturated carbocycles. The van der Waals surface area contributed by atoms with Gasteiger partial charge in [0.05, 0.1) is 5.54 Å². The minimum atomic E-state index is -0.650. The highest BCUT2D eigenvalue weighted by Gasteiger charge is 2.51. The number of hydrogen-bond donors (Lipinski definition) is 3. The molecule has 1 amide bonds. The molecule has 4 aliphatic rings. The second-order valence-corrected chi connectivity index (χ2v) is 6.57. The van der Waals surface area contributed by atoms with Crippen LogP contribution in [-0.2, 0) is 9.88 Å². The molecule has 0 aromatic heterocycles. The molecule has 7 heteroatoms. The van der Waals surface area contributed by atoms with E-state index in [0.717, 1.165) is 37.0 Å². The summed E-state index contributed by atoms with van der Waals surface area (Å²) < 4.78 is 0. The molecule has 4 aliphatic carbocycles. The van der Waals surface area contributed by atoms with E-state index in [1.54, 1.807) is 0 Å². The largest absolute Gasteiger partial charge is 0.351 e. The van der Waals surface area contributed by atoms with Crippen molar-refractivity contribution in [3.63, 3.8) is 0 Å². The molecule has 4 rings (SSSR count). The summed E-state index contributed by atoms with van der Waals surface area (Å²) in [6.45, 7) is 0. The number of nitrogens with one attached hydrogen (secondary N) is 1. The Morgan fingerprint density at radius 2 is 1.74 bits per heavy atom. The van der Waals surface area contributed by atoms with E-state index in [2.05, 4.69) is 22.6 Å². The third-order valence-corrected chi connectivity index (χ3v) is 4.70. The van der Waals surface area contributed by atoms with Gasteiger partial charge in [-0.2, -0.15) is 5.48 Å². The van der Waals surface area contributed by atoms with Crippen molar-refractivity contribution in [2.45, 2.75) is 44.1 Å². The molecule has 0 heterocycles. The fourth-order valence-electron chi connectivity index (χ4n) is 4.55. The predicted molar refractivity (Wildman–Crippen MR) is 72.2 cm³/mol. The molecule has 0 radical (unpaired) electrons. The number of nitrogens with zero attached hydrogens (tertiary/aromatic N) is 1. The fraction of sp³-hybridized carbons (Fsp3) is 0.833. The van der Waals surface area contributed by atoms with Crippen LogP contribution in [0.3, 0.4) is 0 Å². The highest BCUT2D eigenvalue weighted by atomic mass is 32.1. The van der Waals surface area contributed by atoms with Gasteiger partial charge in [0.1, 0.15) is 0 Å². The third-order valence-electron chi connectivity index (χ3n) is 4.61. The lowest BCUT2D eigenvalue weighted by atomic mass is 9.53. The zero-order chi connectivity index (χ0) is 13.5. The Kier molecular flexibility index (Phi) is 3.34. The molecule has 0 saturated heterocycles. The Balaban J connectivity index is 1.63. The number of carbonyl (C=O) groups excluding carboxylic acids is 1. The van der Waals surface area contributed by atoms with Crippen LogP contribution in [-0.4, -0.2) is 16.8 Å². The van der Waals surface area contributed by atoms with Crippen LogP contribution in [0.15, 0.2) is 4.99 Å². The number of amides is 1. The first-order valence-electron chi connectivity index (χ1n) is 6.72. The summed E-state index contributed by atoms with van der Waals surface area (Å²) >= 11 is 3.47. The molecule has 0 spiro atoms. The van der Waals surface area contributed by atoms with Crippen molar-refractivity contribution in [3.05, 3.63) is 0 Å². The molecule has 4 bridgehead atoms. The Bertz CT molecular complexity index is 378. The van der Waals surface area contributed by atoms with Crippen LogP contribution >= 0.6 is 12.6 Å². The van der Waals surface area contributed by atoms with Crippen molar-refractivity contribution in [1.82, 2.24) is 5.48 Å². The standard InChI is InChI=1S/C12H19N3O3S/c13-10(17-18-15-11(16)19)14-12-4-7-1-8(5-12)3-9(2-7)6-12/h7-9H,1-6H2,(H2,13,14)(H2,15,16,19). The maximum absolute atomic E-state index is 10.5. The fourth-order valence-corrected chi connectivity index (χ4v) is 4.59. The van der Waals surface area contributed by atoms with Crippen LogP contribution in [0.2, 0.25) is 0 Å². The molecule has 4 fully saturated rings. The lowest BCUT2D eigenvalue weighted by Gasteiger charge is -2.54. The number of carbonyl (C=O) groups is 1. The normalized spacial score (nSPS) is 40.3. The van der Waals surface area contributed by atoms with Gasteiger partial charge in [-0.25, -0.2) is 4.99 Å². The number of thiol groups is 1. The van der Waals surface area contributed by atoms with E-state index in [4.69, 9.17) is 10.6 Å². The van der Waals surface area contributed by atoms with Gasteiger partial charge in [-0.3, -0.25) is 9.68 Å². The van der Waals surface area contributed by atoms with Gasteiger partial charge in [-0.1, -0.05) is 17.6 Å². The first kappa shape index (κ1) is 13.1. The van der Waals surface area contributed by atoms with Crippen molar-refractivity contribution < 1.29 is 14.7 Å². The lowest BCUT2D eigenvalue weighted by molar-refractivity contribution is -0.257. The molecule has 0 aromatic carbocycles. The number of hydrogen-bond acceptors (Lipinski definition) is 4. The summed E-state index contributed by atoms with van der Waals surface area (Å²) in [6.07, 6.45) is 7.34. The van der Waals surface area contributed by atoms with Gasteiger partial charge < -0.3 is 5.73 Å². The minimum absolute atomic E-state index is 0.0240. The van der Waals surface area contributed by atoms with Crippen molar-refractivity contribution in [3.8, 4) is 0 Å². The Morgan fingerprint density at radius 1 is 1.21 bits per heavy atom. The molecule has 19 heavy (non-hydrogen) atoms. The first-order valence-corrected chi connectivity index (χ1v) is 7.17. The molecular weight excluding hydrogens is 266 g/mol. The van der Waals surface area contributed by atoms with Crippen molar-refractivity contribution in [2.75, 3.05) is 0 Å². The molecule has 3 N–H and O–H groups in total. The second kappa shape index (κ2) is 4.86. The SMILES string of the molecule is NC(=NC12CC3CC(CC(C3)C1)C2)OONC(=O)S. The van der Waals surface area contributed by atoms with Gasteiger partial charge >= 0.3 is 11.3 Å². The monoisotopic (exact) mass is 285 g/mol. The quantitative estimate of drug-likeness (QED) is 0.242. The van der Waals surface area contributed by atoms with Crippen molar-refractivity contribution in [1.29, 1.82) is 0 Å². The first-order chi connectivity index (χ1) is 9.05. The van der Waals surface area contributed by atoms with E-state index >= 15 is 0 Å². The topological polar surface area (TPSA) is 85.9 Å². The van der Waals surface area contributed by atoms with E-state index < -0.39 is 5.24 Å². The summed E-state index contributed by atoms with van der Waals surface area (Å²) in [6, 6.07) is -0.0240. The molecule has 106 valence electrons. The molecule has 0 unspecified atom stereocenters. The van der Waals surface area contributed by atoms with Crippen molar-refractivity contribution in [2.24, 2.45) is 28.5 Å². The Morgan fingerprint density at radius 3 is 2.21 bits per heavy atom. The number of rotatable bonds is 3. The van der Waals surface area contributed by atoms with E-state index in [-0.39, 0.29) is 11.6 Å². The number of nitrogens with two attached hydrogens (primary N) is 1. The van der Waals surface area contributed by atoms with Crippen molar-refractivity contribution >= 4 is 23.9 Å². The van der Waals surface area contributed by atoms with Gasteiger partial charge in [-0.05, 0) is 56.3 Å². The van der Waals surface area contributed by atoms with E-state index in [0.29, 0.717) is 0 Å². The summed E-state index contributed by atoms with van der Waals surface area (Å²) in [7, 11) is 0. The molecule has 6 nitrogen and oxygen atoms in total. The zero-order valence-electron chi connectivity index (χ0n) is 10.7. The lowest BCUT2D eigenvalue weighted by Crippen LogP contribution is -2.50. The van der Waals surface area contributed by atoms with Crippen LogP contribution in [0.25, 0.3) is 0 Å². The number of aliphatic imine (C=N–C) groups is 1. The summed E-state index contributed by atoms with van der Waals surface area (Å²) in [5.41, 5.74) is 7.57. The van der Waals surface area contributed by atoms with Gasteiger partial charge in [0.15, 0.2) is 0 Å². The molecule has 0 atom stereocenters. The van der Waals surface area contributed by atoms with E-state index in [1.807, 2.05) is 5.48 Å². The van der Waals surface area contributed by atoms with Crippen LogP contribution in [0, 0.1) is 17.8 Å². The highest BCUT2D eigenvalue weighted by molar-refractivity contribution is 7.96. The Labute approximate surface area is 117 Å². The molecular formula is C12H19N3O3S. The average molecular weight is 285 g/mol. The van der Waals surface area contributed by atoms with Crippen LogP contribution in [0.1, 0.15) is 38.5 Å². The smallest absolute Gasteiger partial charge is 0.323 e. The summed E-state index contributed by atoms with van der Waals surface area (Å²) in [5, 5.41) is -0.650. The summed E-state index contributed by atoms with van der Waals surface area (Å²) in [4.78, 5) is 24.2.